The van der Waals surface area contributed by atoms with E-state index in [9.17, 15) is 19.5 Å². The van der Waals surface area contributed by atoms with Crippen LogP contribution in [0.1, 0.15) is 12.7 Å². The third kappa shape index (κ3) is 4.37. The predicted molar refractivity (Wildman–Crippen MR) is 130 cm³/mol. The minimum Gasteiger partial charge on any atom is -0.543 e. The summed E-state index contributed by atoms with van der Waals surface area (Å²) in [7, 11) is 1.86. The average molecular weight is 544 g/mol. The number of β-lactam (4-membered cyclic amide) rings is 1. The molecule has 1 fully saturated rings. The smallest absolute Gasteiger partial charge is 0.348 e. The molecule has 0 aliphatic carbocycles. The number of nitrogens with two attached hydrogens (primary N) is 1. The monoisotopic (exact) mass is 543 g/mol. The maximum atomic E-state index is 13.1. The lowest BCUT2D eigenvalue weighted by Crippen LogP contribution is -2.71. The molecule has 2 unspecified atom stereocenters. The molecule has 0 aromatic carbocycles. The van der Waals surface area contributed by atoms with E-state index in [0.29, 0.717) is 17.0 Å². The molecule has 192 valence electrons. The summed E-state index contributed by atoms with van der Waals surface area (Å²) in [6.45, 7) is 2.09. The second-order valence-electron chi connectivity index (χ2n) is 8.11. The fourth-order valence-corrected chi connectivity index (χ4v) is 5.90. The van der Waals surface area contributed by atoms with Crippen molar-refractivity contribution in [3.05, 3.63) is 41.8 Å². The Hall–Kier alpha value is -4.05. The van der Waals surface area contributed by atoms with Crippen molar-refractivity contribution >= 4 is 63.1 Å². The molecule has 0 saturated carbocycles. The summed E-state index contributed by atoms with van der Waals surface area (Å²) in [6, 6.07) is 2.76. The fraction of sp³-hybridized carbons (Fsp3) is 0.333. The van der Waals surface area contributed by atoms with E-state index in [1.54, 1.807) is 19.4 Å². The summed E-state index contributed by atoms with van der Waals surface area (Å²) in [5.74, 6) is -2.51. The van der Waals surface area contributed by atoms with Crippen LogP contribution in [0.25, 0.3) is 11.2 Å². The van der Waals surface area contributed by atoms with E-state index in [4.69, 9.17) is 10.6 Å². The Labute approximate surface area is 218 Å². The third-order valence-corrected chi connectivity index (χ3v) is 7.68. The number of thioether (sulfide) groups is 1. The first-order chi connectivity index (χ1) is 17.8. The van der Waals surface area contributed by atoms with Gasteiger partial charge in [0.1, 0.15) is 30.1 Å². The van der Waals surface area contributed by atoms with Crippen molar-refractivity contribution in [1.82, 2.24) is 29.1 Å². The number of imidazole rings is 1. The van der Waals surface area contributed by atoms with Gasteiger partial charge in [-0.25, -0.2) is 4.57 Å². The van der Waals surface area contributed by atoms with Crippen molar-refractivity contribution in [2.45, 2.75) is 24.9 Å². The molecule has 5 heterocycles. The van der Waals surface area contributed by atoms with Crippen molar-refractivity contribution in [3.8, 4) is 0 Å². The number of carbonyl (C=O) groups is 3. The Kier molecular flexibility index (Phi) is 6.51. The molecule has 16 heteroatoms. The topological polar surface area (TPSA) is 185 Å². The average Bonchev–Trinajstić information content (AvgIpc) is 3.48. The molecule has 3 aromatic heterocycles. The lowest BCUT2D eigenvalue weighted by atomic mass is 10.0. The molecule has 1 saturated heterocycles. The van der Waals surface area contributed by atoms with Gasteiger partial charge in [-0.05, 0) is 24.0 Å². The van der Waals surface area contributed by atoms with Crippen LogP contribution in [0.15, 0.2) is 41.1 Å². The molecule has 0 bridgehead atoms. The van der Waals surface area contributed by atoms with Gasteiger partial charge in [0.2, 0.25) is 17.9 Å². The van der Waals surface area contributed by atoms with Crippen molar-refractivity contribution in [2.75, 3.05) is 18.1 Å². The first kappa shape index (κ1) is 24.6. The Morgan fingerprint density at radius 3 is 2.95 bits per heavy atom. The van der Waals surface area contributed by atoms with E-state index < -0.39 is 29.2 Å². The van der Waals surface area contributed by atoms with Crippen LogP contribution < -0.4 is 20.7 Å². The summed E-state index contributed by atoms with van der Waals surface area (Å²) < 4.78 is 7.66. The van der Waals surface area contributed by atoms with E-state index in [1.165, 1.54) is 11.8 Å². The van der Waals surface area contributed by atoms with Gasteiger partial charge in [-0.1, -0.05) is 5.16 Å². The van der Waals surface area contributed by atoms with Gasteiger partial charge in [0.15, 0.2) is 5.13 Å². The zero-order valence-corrected chi connectivity index (χ0v) is 21.3. The minimum atomic E-state index is -1.46. The quantitative estimate of drug-likeness (QED) is 0.141. The third-order valence-electron chi connectivity index (χ3n) is 5.80. The van der Waals surface area contributed by atoms with Crippen LogP contribution in [0.3, 0.4) is 0 Å². The predicted octanol–water partition coefficient (Wildman–Crippen LogP) is -1.86. The molecule has 2 aliphatic heterocycles. The Morgan fingerprint density at radius 2 is 2.24 bits per heavy atom. The molecular weight excluding hydrogens is 522 g/mol. The Balaban J connectivity index is 1.38. The van der Waals surface area contributed by atoms with Crippen LogP contribution in [-0.4, -0.2) is 71.1 Å². The van der Waals surface area contributed by atoms with Crippen molar-refractivity contribution in [1.29, 1.82) is 0 Å². The number of aryl methyl sites for hydroxylation is 1. The Morgan fingerprint density at radius 1 is 1.43 bits per heavy atom. The molecule has 2 atom stereocenters. The molecule has 0 spiro atoms. The minimum absolute atomic E-state index is 0.0355. The highest BCUT2D eigenvalue weighted by Crippen LogP contribution is 2.40. The molecule has 14 nitrogen and oxygen atoms in total. The van der Waals surface area contributed by atoms with E-state index in [-0.39, 0.29) is 35.5 Å². The van der Waals surface area contributed by atoms with Crippen LogP contribution >= 0.6 is 23.3 Å². The van der Waals surface area contributed by atoms with Crippen LogP contribution in [0.2, 0.25) is 0 Å². The van der Waals surface area contributed by atoms with E-state index in [2.05, 4.69) is 24.8 Å². The first-order valence-corrected chi connectivity index (χ1v) is 12.9. The molecule has 5 rings (SSSR count). The number of fused-ring (bicyclic) bond motifs is 2. The summed E-state index contributed by atoms with van der Waals surface area (Å²) in [4.78, 5) is 52.7. The number of aromatic nitrogens is 5. The van der Waals surface area contributed by atoms with Crippen LogP contribution in [0.4, 0.5) is 5.13 Å². The van der Waals surface area contributed by atoms with E-state index >= 15 is 0 Å². The zero-order valence-electron chi connectivity index (χ0n) is 19.7. The highest BCUT2D eigenvalue weighted by atomic mass is 32.2. The largest absolute Gasteiger partial charge is 0.543 e. The van der Waals surface area contributed by atoms with Crippen molar-refractivity contribution < 1.29 is 28.9 Å². The fourth-order valence-electron chi connectivity index (χ4n) is 4.13. The molecule has 3 aromatic rings. The number of amides is 2. The maximum absolute atomic E-state index is 13.1. The summed E-state index contributed by atoms with van der Waals surface area (Å²) in [5.41, 5.74) is 7.24. The normalized spacial score (nSPS) is 19.6. The lowest BCUT2D eigenvalue weighted by molar-refractivity contribution is -0.664. The van der Waals surface area contributed by atoms with Gasteiger partial charge in [0, 0.05) is 29.9 Å². The number of carboxylic acid groups (broad SMARTS) is 1. The lowest BCUT2D eigenvalue weighted by Gasteiger charge is -2.50. The summed E-state index contributed by atoms with van der Waals surface area (Å²) >= 11 is 2.22. The van der Waals surface area contributed by atoms with Gasteiger partial charge >= 0.3 is 5.65 Å². The highest BCUT2D eigenvalue weighted by Gasteiger charge is 2.53. The number of carbonyl (C=O) groups excluding carboxylic acids is 3. The van der Waals surface area contributed by atoms with Crippen LogP contribution in [0, 0.1) is 0 Å². The first-order valence-electron chi connectivity index (χ1n) is 11.1. The van der Waals surface area contributed by atoms with Gasteiger partial charge in [-0.3, -0.25) is 14.5 Å². The summed E-state index contributed by atoms with van der Waals surface area (Å²) in [5, 5.41) is 18.0. The summed E-state index contributed by atoms with van der Waals surface area (Å²) in [6.07, 6.45) is 3.47. The molecule has 0 radical (unpaired) electrons. The van der Waals surface area contributed by atoms with Gasteiger partial charge in [-0.15, -0.1) is 11.8 Å². The SMILES string of the molecule is CCO/N=C(\C(=O)NC1C(=O)N2C(C(=O)[O-])=C(C[n+]3cccc4c3ncn4C)CSC12)c1nsc(N)n1. The Bertz CT molecular complexity index is 1480. The molecular formula is C21H21N9O5S2. The van der Waals surface area contributed by atoms with Gasteiger partial charge < -0.3 is 30.4 Å². The highest BCUT2D eigenvalue weighted by molar-refractivity contribution is 8.00. The van der Waals surface area contributed by atoms with Gasteiger partial charge in [0.25, 0.3) is 11.8 Å². The number of anilines is 1. The molecule has 2 aliphatic rings. The number of hydrogen-bond acceptors (Lipinski definition) is 12. The van der Waals surface area contributed by atoms with Gasteiger partial charge in [-0.2, -0.15) is 9.36 Å². The number of oxime groups is 1. The number of carboxylic acids is 1. The molecule has 3 N–H and O–H groups in total. The van der Waals surface area contributed by atoms with Crippen molar-refractivity contribution in [3.63, 3.8) is 0 Å². The number of rotatable bonds is 8. The second-order valence-corrected chi connectivity index (χ2v) is 10.0. The van der Waals surface area contributed by atoms with Crippen molar-refractivity contribution in [2.24, 2.45) is 12.2 Å². The number of nitrogens with zero attached hydrogens (tertiary/aromatic N) is 7. The van der Waals surface area contributed by atoms with E-state index in [0.717, 1.165) is 21.9 Å². The van der Waals surface area contributed by atoms with Gasteiger partial charge in [0.05, 0.1) is 17.9 Å². The van der Waals surface area contributed by atoms with E-state index in [1.807, 2.05) is 28.3 Å². The van der Waals surface area contributed by atoms with Crippen LogP contribution in [-0.2, 0) is 32.8 Å². The second kappa shape index (κ2) is 9.78. The zero-order chi connectivity index (χ0) is 26.3. The number of nitrogen functional groups attached to an aromatic ring is 1. The number of aliphatic carboxylic acids is 1. The number of hydrogen-bond donors (Lipinski definition) is 2. The number of pyridine rings is 1. The standard InChI is InChI=1S/C21H21N9O5S2/c1-3-35-26-12(15-25-21(22)37-27-15)17(31)24-13-18(32)30-14(20(33)34)10(8-36-19(13)30)7-29-6-4-5-11-16(29)23-9-28(11)2/h4-6,9,13,19H,3,7-8H2,1-2H3,(H3-,22,24,25,27,31,33,34)/b26-12-. The van der Waals surface area contributed by atoms with Crippen LogP contribution in [0.5, 0.6) is 0 Å². The number of nitrogens with one attached hydrogen (secondary N) is 1. The maximum Gasteiger partial charge on any atom is 0.348 e. The molecule has 37 heavy (non-hydrogen) atoms. The molecule has 2 amide bonds.